The van der Waals surface area contributed by atoms with Gasteiger partial charge < -0.3 is 15.0 Å². The van der Waals surface area contributed by atoms with Crippen molar-refractivity contribution in [1.29, 1.82) is 0 Å². The number of hydrogen-bond donors (Lipinski definition) is 1. The maximum atomic E-state index is 11.6. The molecule has 0 bridgehead atoms. The summed E-state index contributed by atoms with van der Waals surface area (Å²) in [5.74, 6) is 0.479. The predicted molar refractivity (Wildman–Crippen MR) is 76.6 cm³/mol. The van der Waals surface area contributed by atoms with Gasteiger partial charge in [-0.2, -0.15) is 0 Å². The normalized spacial score (nSPS) is 10.8. The fourth-order valence-electron chi connectivity index (χ4n) is 1.65. The highest BCUT2D eigenvalue weighted by Gasteiger charge is 2.04. The molecule has 0 saturated carbocycles. The van der Waals surface area contributed by atoms with Crippen molar-refractivity contribution in [2.45, 2.75) is 0 Å². The number of aromatic nitrogens is 2. The first-order valence-electron chi connectivity index (χ1n) is 6.40. The van der Waals surface area contributed by atoms with E-state index >= 15 is 0 Å². The van der Waals surface area contributed by atoms with Crippen LogP contribution in [0.2, 0.25) is 0 Å². The van der Waals surface area contributed by atoms with Gasteiger partial charge in [0.15, 0.2) is 6.61 Å². The number of likely N-dealkylation sites (N-methyl/N-ethyl adjacent to an activating group) is 1. The molecule has 0 unspecified atom stereocenters. The lowest BCUT2D eigenvalue weighted by molar-refractivity contribution is -0.123. The van der Waals surface area contributed by atoms with Gasteiger partial charge in [0.1, 0.15) is 5.75 Å². The van der Waals surface area contributed by atoms with Crippen LogP contribution in [0.5, 0.6) is 5.75 Å². The molecule has 2 rings (SSSR count). The lowest BCUT2D eigenvalue weighted by Crippen LogP contribution is -2.34. The first kappa shape index (κ1) is 14.2. The molecular formula is C14H18N4O2. The molecule has 0 aliphatic rings. The van der Waals surface area contributed by atoms with Crippen molar-refractivity contribution in [3.63, 3.8) is 0 Å². The molecule has 0 saturated heterocycles. The second kappa shape index (κ2) is 6.81. The molecule has 106 valence electrons. The van der Waals surface area contributed by atoms with Crippen LogP contribution in [0.3, 0.4) is 0 Å². The largest absolute Gasteiger partial charge is 0.484 e. The third-order valence-electron chi connectivity index (χ3n) is 2.69. The summed E-state index contributed by atoms with van der Waals surface area (Å²) in [4.78, 5) is 21.9. The van der Waals surface area contributed by atoms with Crippen LogP contribution in [0.4, 0.5) is 0 Å². The van der Waals surface area contributed by atoms with Crippen molar-refractivity contribution in [2.75, 3.05) is 33.8 Å². The van der Waals surface area contributed by atoms with E-state index < -0.39 is 0 Å². The number of rotatable bonds is 6. The summed E-state index contributed by atoms with van der Waals surface area (Å²) in [5, 5.41) is 2.79. The Morgan fingerprint density at radius 3 is 2.75 bits per heavy atom. The molecule has 6 nitrogen and oxygen atoms in total. The van der Waals surface area contributed by atoms with E-state index in [4.69, 9.17) is 4.74 Å². The van der Waals surface area contributed by atoms with Crippen LogP contribution >= 0.6 is 0 Å². The maximum absolute atomic E-state index is 11.6. The molecule has 1 N–H and O–H groups in total. The van der Waals surface area contributed by atoms with E-state index in [9.17, 15) is 4.79 Å². The Kier molecular flexibility index (Phi) is 4.84. The summed E-state index contributed by atoms with van der Waals surface area (Å²) >= 11 is 0. The molecule has 0 spiro atoms. The van der Waals surface area contributed by atoms with Crippen LogP contribution in [0, 0.1) is 0 Å². The molecular weight excluding hydrogens is 256 g/mol. The average Bonchev–Trinajstić information content (AvgIpc) is 2.44. The number of benzene rings is 1. The van der Waals surface area contributed by atoms with Crippen LogP contribution in [0.1, 0.15) is 0 Å². The first-order valence-corrected chi connectivity index (χ1v) is 6.40. The summed E-state index contributed by atoms with van der Waals surface area (Å²) in [6.45, 7) is 1.41. The highest BCUT2D eigenvalue weighted by Crippen LogP contribution is 2.16. The molecule has 0 atom stereocenters. The second-order valence-corrected chi connectivity index (χ2v) is 4.65. The zero-order valence-electron chi connectivity index (χ0n) is 11.7. The minimum Gasteiger partial charge on any atom is -0.484 e. The third kappa shape index (κ3) is 4.17. The molecule has 0 aliphatic heterocycles. The monoisotopic (exact) mass is 274 g/mol. The van der Waals surface area contributed by atoms with Gasteiger partial charge in [0, 0.05) is 31.5 Å². The van der Waals surface area contributed by atoms with Crippen LogP contribution < -0.4 is 10.1 Å². The first-order chi connectivity index (χ1) is 9.65. The zero-order valence-corrected chi connectivity index (χ0v) is 11.7. The number of ether oxygens (including phenoxy) is 1. The van der Waals surface area contributed by atoms with Crippen molar-refractivity contribution in [3.05, 3.63) is 30.6 Å². The van der Waals surface area contributed by atoms with Gasteiger partial charge in [-0.25, -0.2) is 0 Å². The van der Waals surface area contributed by atoms with Gasteiger partial charge in [0.2, 0.25) is 0 Å². The van der Waals surface area contributed by atoms with Gasteiger partial charge in [-0.05, 0) is 26.2 Å². The third-order valence-corrected chi connectivity index (χ3v) is 2.69. The van der Waals surface area contributed by atoms with Gasteiger partial charge >= 0.3 is 0 Å². The maximum Gasteiger partial charge on any atom is 0.257 e. The van der Waals surface area contributed by atoms with Crippen molar-refractivity contribution in [1.82, 2.24) is 20.2 Å². The standard InChI is InChI=1S/C14H18N4O2/c1-18(2)8-7-17-14(19)10-20-11-3-4-12-13(9-11)16-6-5-15-12/h3-6,9H,7-8,10H2,1-2H3,(H,17,19). The zero-order chi connectivity index (χ0) is 14.4. The van der Waals surface area contributed by atoms with Gasteiger partial charge in [-0.3, -0.25) is 14.8 Å². The Hall–Kier alpha value is -2.21. The van der Waals surface area contributed by atoms with Crippen LogP contribution in [0.15, 0.2) is 30.6 Å². The highest BCUT2D eigenvalue weighted by molar-refractivity contribution is 5.78. The Balaban J connectivity index is 1.84. The van der Waals surface area contributed by atoms with E-state index in [2.05, 4.69) is 15.3 Å². The van der Waals surface area contributed by atoms with Crippen molar-refractivity contribution in [2.24, 2.45) is 0 Å². The van der Waals surface area contributed by atoms with Crippen LogP contribution in [0.25, 0.3) is 11.0 Å². The average molecular weight is 274 g/mol. The summed E-state index contributed by atoms with van der Waals surface area (Å²) < 4.78 is 5.44. The van der Waals surface area contributed by atoms with Gasteiger partial charge in [0.25, 0.3) is 5.91 Å². The van der Waals surface area contributed by atoms with Crippen molar-refractivity contribution in [3.8, 4) is 5.75 Å². The molecule has 0 fully saturated rings. The summed E-state index contributed by atoms with van der Waals surface area (Å²) in [6.07, 6.45) is 3.27. The molecule has 2 aromatic rings. The lowest BCUT2D eigenvalue weighted by atomic mass is 10.3. The number of nitrogens with one attached hydrogen (secondary N) is 1. The van der Waals surface area contributed by atoms with E-state index in [0.29, 0.717) is 12.3 Å². The van der Waals surface area contributed by atoms with Gasteiger partial charge in [0.05, 0.1) is 11.0 Å². The smallest absolute Gasteiger partial charge is 0.257 e. The molecule has 0 radical (unpaired) electrons. The summed E-state index contributed by atoms with van der Waals surface area (Å²) in [7, 11) is 3.91. The predicted octanol–water partition coefficient (Wildman–Crippen LogP) is 0.686. The van der Waals surface area contributed by atoms with E-state index in [-0.39, 0.29) is 12.5 Å². The topological polar surface area (TPSA) is 67.4 Å². The highest BCUT2D eigenvalue weighted by atomic mass is 16.5. The Bertz CT molecular complexity index is 586. The Morgan fingerprint density at radius 2 is 2.00 bits per heavy atom. The number of fused-ring (bicyclic) bond motifs is 1. The Morgan fingerprint density at radius 1 is 1.25 bits per heavy atom. The quantitative estimate of drug-likeness (QED) is 0.839. The van der Waals surface area contributed by atoms with Gasteiger partial charge in [-0.1, -0.05) is 0 Å². The molecule has 1 aromatic carbocycles. The molecule has 1 amide bonds. The molecule has 6 heteroatoms. The summed E-state index contributed by atoms with van der Waals surface area (Å²) in [6, 6.07) is 5.38. The van der Waals surface area contributed by atoms with Crippen LogP contribution in [-0.2, 0) is 4.79 Å². The molecule has 0 aliphatic carbocycles. The lowest BCUT2D eigenvalue weighted by Gasteiger charge is -2.11. The molecule has 1 aromatic heterocycles. The van der Waals surface area contributed by atoms with Crippen LogP contribution in [-0.4, -0.2) is 54.6 Å². The Labute approximate surface area is 117 Å². The van der Waals surface area contributed by atoms with Crippen molar-refractivity contribution >= 4 is 16.9 Å². The second-order valence-electron chi connectivity index (χ2n) is 4.65. The number of amides is 1. The SMILES string of the molecule is CN(C)CCNC(=O)COc1ccc2nccnc2c1. The minimum atomic E-state index is -0.133. The van der Waals surface area contributed by atoms with Crippen molar-refractivity contribution < 1.29 is 9.53 Å². The fraction of sp³-hybridized carbons (Fsp3) is 0.357. The fourth-order valence-corrected chi connectivity index (χ4v) is 1.65. The van der Waals surface area contributed by atoms with E-state index in [1.54, 1.807) is 24.5 Å². The van der Waals surface area contributed by atoms with E-state index in [0.717, 1.165) is 17.6 Å². The van der Waals surface area contributed by atoms with E-state index in [1.165, 1.54) is 0 Å². The number of carbonyl (C=O) groups excluding carboxylic acids is 1. The number of nitrogens with zero attached hydrogens (tertiary/aromatic N) is 3. The number of carbonyl (C=O) groups is 1. The minimum absolute atomic E-state index is 0.000796. The molecule has 20 heavy (non-hydrogen) atoms. The van der Waals surface area contributed by atoms with Gasteiger partial charge in [-0.15, -0.1) is 0 Å². The van der Waals surface area contributed by atoms with E-state index in [1.807, 2.05) is 25.1 Å². The number of hydrogen-bond acceptors (Lipinski definition) is 5. The molecule has 1 heterocycles. The summed E-state index contributed by atoms with van der Waals surface area (Å²) in [5.41, 5.74) is 1.55.